The average Bonchev–Trinajstić information content (AvgIpc) is 2.91. The van der Waals surface area contributed by atoms with Crippen LogP contribution in [-0.4, -0.2) is 29.5 Å². The summed E-state index contributed by atoms with van der Waals surface area (Å²) in [6.45, 7) is 0.222. The predicted octanol–water partition coefficient (Wildman–Crippen LogP) is 1.27. The maximum absolute atomic E-state index is 14.2. The molecule has 2 aromatic heterocycles. The molecule has 0 amide bonds. The van der Waals surface area contributed by atoms with Gasteiger partial charge in [0.25, 0.3) is 0 Å². The summed E-state index contributed by atoms with van der Waals surface area (Å²) in [6, 6.07) is 3.40. The number of hydrogen-bond donors (Lipinski definition) is 0. The molecule has 0 bridgehead atoms. The Labute approximate surface area is 123 Å². The highest BCUT2D eigenvalue weighted by Gasteiger charge is 2.61. The van der Waals surface area contributed by atoms with E-state index in [4.69, 9.17) is 4.74 Å². The van der Waals surface area contributed by atoms with Crippen molar-refractivity contribution in [1.82, 2.24) is 29.5 Å². The van der Waals surface area contributed by atoms with E-state index in [1.807, 2.05) is 0 Å². The van der Waals surface area contributed by atoms with Gasteiger partial charge in [-0.25, -0.2) is 28.1 Å². The fourth-order valence-electron chi connectivity index (χ4n) is 2.56. The van der Waals surface area contributed by atoms with Crippen molar-refractivity contribution in [3.05, 3.63) is 60.7 Å². The number of ether oxygens (including phenoxy) is 1. The molecule has 0 N–H and O–H groups in total. The maximum Gasteiger partial charge on any atom is 0.188 e. The second-order valence-corrected chi connectivity index (χ2v) is 4.95. The summed E-state index contributed by atoms with van der Waals surface area (Å²) in [7, 11) is 0. The Morgan fingerprint density at radius 1 is 1.14 bits per heavy atom. The molecule has 0 saturated carbocycles. The normalized spacial score (nSPS) is 23.6. The van der Waals surface area contributed by atoms with E-state index < -0.39 is 23.5 Å². The van der Waals surface area contributed by atoms with Gasteiger partial charge in [-0.3, -0.25) is 0 Å². The van der Waals surface area contributed by atoms with Crippen LogP contribution < -0.4 is 0 Å². The standard InChI is InChI=1S/C13H10F2N6O/c14-9-1-2-10(11(15)3-9)13(4-20-7-16-5-18-20)12(22-13)21-8-17-6-19-21/h1-3,5-8,12H,4H2. The van der Waals surface area contributed by atoms with E-state index >= 15 is 0 Å². The van der Waals surface area contributed by atoms with E-state index in [1.54, 1.807) is 0 Å². The Morgan fingerprint density at radius 2 is 1.95 bits per heavy atom. The van der Waals surface area contributed by atoms with Gasteiger partial charge in [-0.1, -0.05) is 6.07 Å². The van der Waals surface area contributed by atoms with Gasteiger partial charge < -0.3 is 4.74 Å². The Hall–Kier alpha value is -2.68. The van der Waals surface area contributed by atoms with Gasteiger partial charge in [0.1, 0.15) is 36.9 Å². The third kappa shape index (κ3) is 1.98. The molecule has 1 fully saturated rings. The molecule has 1 aliphatic rings. The van der Waals surface area contributed by atoms with Crippen LogP contribution >= 0.6 is 0 Å². The van der Waals surface area contributed by atoms with Crippen molar-refractivity contribution in [3.63, 3.8) is 0 Å². The second kappa shape index (κ2) is 4.67. The van der Waals surface area contributed by atoms with E-state index in [9.17, 15) is 8.78 Å². The molecule has 1 aromatic carbocycles. The number of benzene rings is 1. The highest BCUT2D eigenvalue weighted by molar-refractivity contribution is 5.30. The van der Waals surface area contributed by atoms with E-state index in [-0.39, 0.29) is 12.1 Å². The van der Waals surface area contributed by atoms with Gasteiger partial charge in [0.05, 0.1) is 6.54 Å². The van der Waals surface area contributed by atoms with E-state index in [0.29, 0.717) is 0 Å². The van der Waals surface area contributed by atoms with Crippen LogP contribution in [0.3, 0.4) is 0 Å². The van der Waals surface area contributed by atoms with Crippen LogP contribution in [-0.2, 0) is 16.9 Å². The first-order valence-electron chi connectivity index (χ1n) is 6.49. The van der Waals surface area contributed by atoms with Crippen LogP contribution in [0.1, 0.15) is 11.8 Å². The lowest BCUT2D eigenvalue weighted by Crippen LogP contribution is -2.22. The minimum Gasteiger partial charge on any atom is -0.335 e. The topological polar surface area (TPSA) is 74.0 Å². The SMILES string of the molecule is Fc1ccc(C2(Cn3cncn3)OC2n2cncn2)c(F)c1. The maximum atomic E-state index is 14.2. The number of nitrogens with zero attached hydrogens (tertiary/aromatic N) is 6. The van der Waals surface area contributed by atoms with Crippen molar-refractivity contribution in [2.45, 2.75) is 18.4 Å². The van der Waals surface area contributed by atoms with Crippen molar-refractivity contribution < 1.29 is 13.5 Å². The van der Waals surface area contributed by atoms with Gasteiger partial charge in [-0.05, 0) is 6.07 Å². The summed E-state index contributed by atoms with van der Waals surface area (Å²) in [4.78, 5) is 7.72. The van der Waals surface area contributed by atoms with Crippen LogP contribution in [0.5, 0.6) is 0 Å². The Balaban J connectivity index is 1.76. The molecule has 0 radical (unpaired) electrons. The molecule has 0 aliphatic carbocycles. The van der Waals surface area contributed by atoms with Gasteiger partial charge in [-0.2, -0.15) is 10.2 Å². The van der Waals surface area contributed by atoms with Crippen LogP contribution in [0.4, 0.5) is 8.78 Å². The first-order valence-corrected chi connectivity index (χ1v) is 6.49. The summed E-state index contributed by atoms with van der Waals surface area (Å²) in [5, 5.41) is 8.03. The van der Waals surface area contributed by atoms with Crippen molar-refractivity contribution in [3.8, 4) is 0 Å². The highest BCUT2D eigenvalue weighted by Crippen LogP contribution is 2.55. The quantitative estimate of drug-likeness (QED) is 0.679. The number of aromatic nitrogens is 6. The summed E-state index contributed by atoms with van der Waals surface area (Å²) in [5.41, 5.74) is -0.788. The number of epoxide rings is 1. The van der Waals surface area contributed by atoms with Crippen LogP contribution in [0.2, 0.25) is 0 Å². The first kappa shape index (κ1) is 13.0. The highest BCUT2D eigenvalue weighted by atomic mass is 19.1. The third-order valence-corrected chi connectivity index (χ3v) is 3.59. The van der Waals surface area contributed by atoms with Gasteiger partial charge in [0.15, 0.2) is 11.8 Å². The minimum absolute atomic E-state index is 0.222. The number of rotatable bonds is 4. The monoisotopic (exact) mass is 304 g/mol. The smallest absolute Gasteiger partial charge is 0.188 e. The lowest BCUT2D eigenvalue weighted by Gasteiger charge is -2.14. The largest absolute Gasteiger partial charge is 0.335 e. The predicted molar refractivity (Wildman–Crippen MR) is 68.2 cm³/mol. The average molecular weight is 304 g/mol. The molecule has 1 aliphatic heterocycles. The molecule has 1 saturated heterocycles. The fourth-order valence-corrected chi connectivity index (χ4v) is 2.56. The number of halogens is 2. The van der Waals surface area contributed by atoms with E-state index in [0.717, 1.165) is 6.07 Å². The zero-order valence-electron chi connectivity index (χ0n) is 11.2. The molecule has 2 unspecified atom stereocenters. The van der Waals surface area contributed by atoms with Crippen LogP contribution in [0, 0.1) is 11.6 Å². The molecule has 4 rings (SSSR count). The van der Waals surface area contributed by atoms with Gasteiger partial charge >= 0.3 is 0 Å². The Bertz CT molecular complexity index is 791. The van der Waals surface area contributed by atoms with Gasteiger partial charge in [0.2, 0.25) is 0 Å². The Morgan fingerprint density at radius 3 is 2.64 bits per heavy atom. The summed E-state index contributed by atoms with van der Waals surface area (Å²) >= 11 is 0. The second-order valence-electron chi connectivity index (χ2n) is 4.95. The van der Waals surface area contributed by atoms with Crippen LogP contribution in [0.25, 0.3) is 0 Å². The van der Waals surface area contributed by atoms with E-state index in [1.165, 1.54) is 46.8 Å². The molecule has 2 atom stereocenters. The summed E-state index contributed by atoms with van der Waals surface area (Å²) in [6.07, 6.45) is 5.18. The van der Waals surface area contributed by atoms with Crippen molar-refractivity contribution >= 4 is 0 Å². The summed E-state index contributed by atoms with van der Waals surface area (Å²) < 4.78 is 36.1. The van der Waals surface area contributed by atoms with Crippen molar-refractivity contribution in [2.24, 2.45) is 0 Å². The first-order chi connectivity index (χ1) is 10.7. The zero-order valence-corrected chi connectivity index (χ0v) is 11.2. The zero-order chi connectivity index (χ0) is 15.2. The third-order valence-electron chi connectivity index (χ3n) is 3.59. The van der Waals surface area contributed by atoms with E-state index in [2.05, 4.69) is 20.2 Å². The molecule has 7 nitrogen and oxygen atoms in total. The van der Waals surface area contributed by atoms with Crippen molar-refractivity contribution in [1.29, 1.82) is 0 Å². The van der Waals surface area contributed by atoms with Gasteiger partial charge in [0, 0.05) is 11.6 Å². The lowest BCUT2D eigenvalue weighted by molar-refractivity contribution is 0.246. The molecule has 112 valence electrons. The van der Waals surface area contributed by atoms with Crippen LogP contribution in [0.15, 0.2) is 43.5 Å². The molecule has 3 heterocycles. The summed E-state index contributed by atoms with van der Waals surface area (Å²) in [5.74, 6) is -1.32. The molecule has 9 heteroatoms. The molecular formula is C13H10F2N6O. The lowest BCUT2D eigenvalue weighted by atomic mass is 9.97. The molecule has 3 aromatic rings. The fraction of sp³-hybridized carbons (Fsp3) is 0.231. The number of hydrogen-bond acceptors (Lipinski definition) is 5. The molecular weight excluding hydrogens is 294 g/mol. The minimum atomic E-state index is -1.03. The molecule has 22 heavy (non-hydrogen) atoms. The van der Waals surface area contributed by atoms with Crippen molar-refractivity contribution in [2.75, 3.05) is 0 Å². The Kier molecular flexibility index (Phi) is 2.76. The molecule has 0 spiro atoms. The van der Waals surface area contributed by atoms with Gasteiger partial charge in [-0.15, -0.1) is 0 Å².